The lowest BCUT2D eigenvalue weighted by Gasteiger charge is -2.20. The van der Waals surface area contributed by atoms with E-state index in [4.69, 9.17) is 15.2 Å². The highest BCUT2D eigenvalue weighted by Crippen LogP contribution is 2.22. The van der Waals surface area contributed by atoms with Crippen LogP contribution < -0.4 is 15.8 Å². The van der Waals surface area contributed by atoms with Crippen LogP contribution in [-0.4, -0.2) is 52.4 Å². The number of anilines is 1. The molecule has 27 heavy (non-hydrogen) atoms. The normalized spacial score (nSPS) is 14.6. The number of hydrogen-bond acceptors (Lipinski definition) is 7. The summed E-state index contributed by atoms with van der Waals surface area (Å²) in [7, 11) is 1.79. The van der Waals surface area contributed by atoms with Gasteiger partial charge in [0.15, 0.2) is 5.82 Å². The van der Waals surface area contributed by atoms with E-state index in [-0.39, 0.29) is 0 Å². The second-order valence-electron chi connectivity index (χ2n) is 6.19. The van der Waals surface area contributed by atoms with Crippen LogP contribution in [0.3, 0.4) is 0 Å². The second-order valence-corrected chi connectivity index (χ2v) is 6.19. The molecule has 0 saturated carbocycles. The Morgan fingerprint density at radius 3 is 2.74 bits per heavy atom. The standard InChI is InChI=1S/C13H13N5O.C6H13NO/c1-2-19-9-3-4-10-11(5-9)18(8-16-10)13-7-15-6-12(14)17-13;1-8-6-2-4-7-5-3-6/h3-8H,2H2,1H3,(H2,14,17);6-7H,2-5H2,1H3. The monoisotopic (exact) mass is 370 g/mol. The summed E-state index contributed by atoms with van der Waals surface area (Å²) in [6.45, 7) is 4.82. The van der Waals surface area contributed by atoms with Crippen LogP contribution in [0.15, 0.2) is 36.9 Å². The van der Waals surface area contributed by atoms with Crippen molar-refractivity contribution in [2.75, 3.05) is 32.5 Å². The number of rotatable bonds is 4. The quantitative estimate of drug-likeness (QED) is 0.726. The van der Waals surface area contributed by atoms with Gasteiger partial charge in [0.25, 0.3) is 0 Å². The zero-order valence-electron chi connectivity index (χ0n) is 15.8. The summed E-state index contributed by atoms with van der Waals surface area (Å²) in [4.78, 5) is 12.6. The number of methoxy groups -OCH3 is 1. The molecule has 1 aromatic carbocycles. The minimum atomic E-state index is 0.375. The highest BCUT2D eigenvalue weighted by molar-refractivity contribution is 5.78. The molecule has 4 rings (SSSR count). The van der Waals surface area contributed by atoms with Gasteiger partial charge in [0, 0.05) is 13.2 Å². The first-order valence-electron chi connectivity index (χ1n) is 9.12. The van der Waals surface area contributed by atoms with Gasteiger partial charge in [0.1, 0.15) is 17.9 Å². The molecule has 0 aliphatic carbocycles. The highest BCUT2D eigenvalue weighted by Gasteiger charge is 2.10. The number of aromatic nitrogens is 4. The lowest BCUT2D eigenvalue weighted by Crippen LogP contribution is -2.31. The SMILES string of the molecule is CCOc1ccc2ncn(-c3cncc(N)n3)c2c1.COC1CCNCC1. The number of nitrogens with two attached hydrogens (primary N) is 1. The summed E-state index contributed by atoms with van der Waals surface area (Å²) in [6, 6.07) is 5.74. The first-order chi connectivity index (χ1) is 13.2. The van der Waals surface area contributed by atoms with E-state index >= 15 is 0 Å². The molecule has 0 amide bonds. The van der Waals surface area contributed by atoms with Gasteiger partial charge in [-0.05, 0) is 45.0 Å². The lowest BCUT2D eigenvalue weighted by atomic mass is 10.1. The number of benzene rings is 1. The Labute approximate surface area is 158 Å². The second kappa shape index (κ2) is 9.29. The largest absolute Gasteiger partial charge is 0.494 e. The zero-order chi connectivity index (χ0) is 19.1. The summed E-state index contributed by atoms with van der Waals surface area (Å²) in [5.74, 6) is 1.81. The van der Waals surface area contributed by atoms with Crippen LogP contribution in [0.2, 0.25) is 0 Å². The Morgan fingerprint density at radius 1 is 1.26 bits per heavy atom. The van der Waals surface area contributed by atoms with Crippen LogP contribution in [0.25, 0.3) is 16.9 Å². The van der Waals surface area contributed by atoms with Crippen molar-refractivity contribution in [2.45, 2.75) is 25.9 Å². The summed E-state index contributed by atoms with van der Waals surface area (Å²) < 4.78 is 12.5. The van der Waals surface area contributed by atoms with E-state index in [1.807, 2.05) is 29.7 Å². The van der Waals surface area contributed by atoms with Gasteiger partial charge in [-0.25, -0.2) is 9.97 Å². The average Bonchev–Trinajstić information content (AvgIpc) is 3.13. The van der Waals surface area contributed by atoms with Gasteiger partial charge < -0.3 is 20.5 Å². The molecule has 2 aromatic heterocycles. The number of imidazole rings is 1. The Kier molecular flexibility index (Phi) is 6.56. The number of hydrogen-bond donors (Lipinski definition) is 2. The number of nitrogens with one attached hydrogen (secondary N) is 1. The topological polar surface area (TPSA) is 100 Å². The average molecular weight is 370 g/mol. The van der Waals surface area contributed by atoms with Crippen LogP contribution in [-0.2, 0) is 4.74 Å². The Balaban J connectivity index is 0.000000221. The van der Waals surface area contributed by atoms with E-state index in [2.05, 4.69) is 20.3 Å². The highest BCUT2D eigenvalue weighted by atomic mass is 16.5. The van der Waals surface area contributed by atoms with Gasteiger partial charge in [-0.2, -0.15) is 0 Å². The summed E-state index contributed by atoms with van der Waals surface area (Å²) in [6.07, 6.45) is 7.73. The van der Waals surface area contributed by atoms with Gasteiger partial charge in [-0.3, -0.25) is 9.55 Å². The third-order valence-corrected chi connectivity index (χ3v) is 4.34. The first kappa shape index (κ1) is 19.1. The van der Waals surface area contributed by atoms with E-state index in [0.717, 1.165) is 29.9 Å². The maximum absolute atomic E-state index is 5.65. The molecule has 3 N–H and O–H groups in total. The van der Waals surface area contributed by atoms with Crippen LogP contribution in [0, 0.1) is 0 Å². The van der Waals surface area contributed by atoms with Gasteiger partial charge in [0.05, 0.1) is 36.1 Å². The molecule has 0 bridgehead atoms. The first-order valence-corrected chi connectivity index (χ1v) is 9.12. The predicted molar refractivity (Wildman–Crippen MR) is 105 cm³/mol. The molecule has 144 valence electrons. The van der Waals surface area contributed by atoms with E-state index in [9.17, 15) is 0 Å². The minimum Gasteiger partial charge on any atom is -0.494 e. The molecule has 0 radical (unpaired) electrons. The van der Waals surface area contributed by atoms with Crippen molar-refractivity contribution in [1.29, 1.82) is 0 Å². The van der Waals surface area contributed by atoms with E-state index in [1.165, 1.54) is 19.0 Å². The fourth-order valence-electron chi connectivity index (χ4n) is 2.94. The predicted octanol–water partition coefficient (Wildman–Crippen LogP) is 2.18. The van der Waals surface area contributed by atoms with Crippen molar-refractivity contribution in [1.82, 2.24) is 24.8 Å². The van der Waals surface area contributed by atoms with Crippen molar-refractivity contribution in [2.24, 2.45) is 0 Å². The number of nitrogen functional groups attached to an aromatic ring is 1. The lowest BCUT2D eigenvalue weighted by molar-refractivity contribution is 0.0765. The molecular formula is C19H26N6O2. The van der Waals surface area contributed by atoms with Crippen molar-refractivity contribution >= 4 is 16.9 Å². The van der Waals surface area contributed by atoms with E-state index < -0.39 is 0 Å². The van der Waals surface area contributed by atoms with Gasteiger partial charge in [-0.15, -0.1) is 0 Å². The molecular weight excluding hydrogens is 344 g/mol. The Hall–Kier alpha value is -2.71. The summed E-state index contributed by atoms with van der Waals surface area (Å²) in [5, 5.41) is 3.27. The van der Waals surface area contributed by atoms with Gasteiger partial charge >= 0.3 is 0 Å². The summed E-state index contributed by atoms with van der Waals surface area (Å²) in [5.41, 5.74) is 7.43. The van der Waals surface area contributed by atoms with Crippen LogP contribution in [0.5, 0.6) is 5.75 Å². The molecule has 8 nitrogen and oxygen atoms in total. The molecule has 8 heteroatoms. The molecule has 0 spiro atoms. The van der Waals surface area contributed by atoms with Crippen LogP contribution >= 0.6 is 0 Å². The third kappa shape index (κ3) is 4.93. The number of fused-ring (bicyclic) bond motifs is 1. The number of nitrogens with zero attached hydrogens (tertiary/aromatic N) is 4. The van der Waals surface area contributed by atoms with Crippen molar-refractivity contribution in [3.8, 4) is 11.6 Å². The molecule has 1 fully saturated rings. The van der Waals surface area contributed by atoms with Crippen LogP contribution in [0.4, 0.5) is 5.82 Å². The smallest absolute Gasteiger partial charge is 0.159 e. The van der Waals surface area contributed by atoms with Crippen molar-refractivity contribution in [3.63, 3.8) is 0 Å². The van der Waals surface area contributed by atoms with Crippen LogP contribution in [0.1, 0.15) is 19.8 Å². The minimum absolute atomic E-state index is 0.375. The number of piperidine rings is 1. The molecule has 1 aliphatic heterocycles. The van der Waals surface area contributed by atoms with E-state index in [1.54, 1.807) is 19.6 Å². The maximum atomic E-state index is 5.65. The number of ether oxygens (including phenoxy) is 2. The fraction of sp³-hybridized carbons (Fsp3) is 0.421. The Bertz CT molecular complexity index is 860. The van der Waals surface area contributed by atoms with Crippen molar-refractivity contribution < 1.29 is 9.47 Å². The summed E-state index contributed by atoms with van der Waals surface area (Å²) >= 11 is 0. The molecule has 0 atom stereocenters. The van der Waals surface area contributed by atoms with Gasteiger partial charge in [-0.1, -0.05) is 0 Å². The third-order valence-electron chi connectivity index (χ3n) is 4.34. The molecule has 0 unspecified atom stereocenters. The van der Waals surface area contributed by atoms with E-state index in [0.29, 0.717) is 24.3 Å². The molecule has 3 aromatic rings. The molecule has 3 heterocycles. The maximum Gasteiger partial charge on any atom is 0.159 e. The molecule has 1 saturated heterocycles. The fourth-order valence-corrected chi connectivity index (χ4v) is 2.94. The van der Waals surface area contributed by atoms with Gasteiger partial charge in [0.2, 0.25) is 0 Å². The van der Waals surface area contributed by atoms with Crippen molar-refractivity contribution in [3.05, 3.63) is 36.9 Å². The molecule has 1 aliphatic rings. The zero-order valence-corrected chi connectivity index (χ0v) is 15.8. The Morgan fingerprint density at radius 2 is 2.07 bits per heavy atom.